The molecule has 0 bridgehead atoms. The van der Waals surface area contributed by atoms with E-state index in [0.29, 0.717) is 44.4 Å². The van der Waals surface area contributed by atoms with Gasteiger partial charge in [-0.25, -0.2) is 14.2 Å². The zero-order chi connectivity index (χ0) is 18.0. The van der Waals surface area contributed by atoms with Crippen LogP contribution in [0.3, 0.4) is 0 Å². The van der Waals surface area contributed by atoms with Crippen molar-refractivity contribution in [2.75, 3.05) is 36.4 Å². The number of benzene rings is 1. The fourth-order valence-electron chi connectivity index (χ4n) is 2.46. The van der Waals surface area contributed by atoms with Gasteiger partial charge in [-0.1, -0.05) is 0 Å². The van der Waals surface area contributed by atoms with E-state index in [-0.39, 0.29) is 0 Å². The molecule has 1 aromatic carbocycles. The van der Waals surface area contributed by atoms with Gasteiger partial charge in [0.2, 0.25) is 0 Å². The molecule has 2 heterocycles. The van der Waals surface area contributed by atoms with Crippen LogP contribution in [-0.4, -0.2) is 42.1 Å². The van der Waals surface area contributed by atoms with Gasteiger partial charge in [0.05, 0.1) is 11.3 Å². The minimum absolute atomic E-state index is 0.367. The van der Waals surface area contributed by atoms with Gasteiger partial charge in [-0.3, -0.25) is 0 Å². The third-order valence-electron chi connectivity index (χ3n) is 3.79. The maximum Gasteiger partial charge on any atom is 0.416 e. The molecule has 1 fully saturated rings. The molecule has 2 aromatic rings. The van der Waals surface area contributed by atoms with Crippen LogP contribution in [-0.2, 0) is 6.18 Å². The molecule has 10 heteroatoms. The van der Waals surface area contributed by atoms with Crippen molar-refractivity contribution in [1.82, 2.24) is 9.88 Å². The molecular formula is C15H14F4N4OS. The Hall–Kier alpha value is -2.36. The molecule has 3 rings (SSSR count). The lowest BCUT2D eigenvalue weighted by Crippen LogP contribution is -2.50. The average molecular weight is 374 g/mol. The normalized spacial score (nSPS) is 15.4. The predicted octanol–water partition coefficient (Wildman–Crippen LogP) is 3.66. The molecule has 1 aromatic heterocycles. The van der Waals surface area contributed by atoms with Gasteiger partial charge < -0.3 is 15.1 Å². The summed E-state index contributed by atoms with van der Waals surface area (Å²) in [5, 5.41) is 4.93. The molecule has 5 nitrogen and oxygen atoms in total. The summed E-state index contributed by atoms with van der Waals surface area (Å²) < 4.78 is 51.9. The lowest BCUT2D eigenvalue weighted by molar-refractivity contribution is -0.137. The second kappa shape index (κ2) is 6.87. The molecule has 25 heavy (non-hydrogen) atoms. The molecule has 134 valence electrons. The standard InChI is InChI=1S/C15H14F4N4OS/c16-11-2-1-10(15(17,18)19)9-12(11)21-13(24)22-4-6-23(7-5-22)14-20-3-8-25-14/h1-3,8-9H,4-7H2,(H,21,24). The SMILES string of the molecule is O=C(Nc1cc(C(F)(F)F)ccc1F)N1CCN(c2nccs2)CC1. The maximum absolute atomic E-state index is 13.7. The number of nitrogens with one attached hydrogen (secondary N) is 1. The summed E-state index contributed by atoms with van der Waals surface area (Å²) in [6.45, 7) is 1.83. The molecule has 1 aliphatic heterocycles. The lowest BCUT2D eigenvalue weighted by Gasteiger charge is -2.34. The summed E-state index contributed by atoms with van der Waals surface area (Å²) in [6.07, 6.45) is -2.91. The number of rotatable bonds is 2. The Balaban J connectivity index is 1.63. The zero-order valence-electron chi connectivity index (χ0n) is 12.9. The number of nitrogens with zero attached hydrogens (tertiary/aromatic N) is 3. The van der Waals surface area contributed by atoms with Gasteiger partial charge in [0, 0.05) is 37.8 Å². The van der Waals surface area contributed by atoms with E-state index in [4.69, 9.17) is 0 Å². The van der Waals surface area contributed by atoms with Crippen molar-refractivity contribution in [2.24, 2.45) is 0 Å². The molecule has 0 radical (unpaired) electrons. The van der Waals surface area contributed by atoms with E-state index in [2.05, 4.69) is 10.3 Å². The van der Waals surface area contributed by atoms with E-state index in [1.165, 1.54) is 16.2 Å². The van der Waals surface area contributed by atoms with E-state index in [9.17, 15) is 22.4 Å². The molecule has 1 saturated heterocycles. The highest BCUT2D eigenvalue weighted by Gasteiger charge is 2.31. The quantitative estimate of drug-likeness (QED) is 0.817. The molecule has 0 unspecified atom stereocenters. The van der Waals surface area contributed by atoms with E-state index in [0.717, 1.165) is 5.13 Å². The smallest absolute Gasteiger partial charge is 0.345 e. The summed E-state index contributed by atoms with van der Waals surface area (Å²) in [6, 6.07) is 1.30. The van der Waals surface area contributed by atoms with Crippen LogP contribution < -0.4 is 10.2 Å². The first-order valence-electron chi connectivity index (χ1n) is 7.42. The summed E-state index contributed by atoms with van der Waals surface area (Å²) in [5.74, 6) is -0.914. The first-order chi connectivity index (χ1) is 11.8. The van der Waals surface area contributed by atoms with Crippen molar-refractivity contribution in [2.45, 2.75) is 6.18 Å². The highest BCUT2D eigenvalue weighted by atomic mass is 32.1. The summed E-state index contributed by atoms with van der Waals surface area (Å²) in [5.41, 5.74) is -1.50. The van der Waals surface area contributed by atoms with Crippen LogP contribution in [0.5, 0.6) is 0 Å². The van der Waals surface area contributed by atoms with Gasteiger partial charge in [0.1, 0.15) is 5.82 Å². The van der Waals surface area contributed by atoms with Crippen LogP contribution in [0, 0.1) is 5.82 Å². The maximum atomic E-state index is 13.7. The fourth-order valence-corrected chi connectivity index (χ4v) is 3.16. The molecule has 1 N–H and O–H groups in total. The highest BCUT2D eigenvalue weighted by Crippen LogP contribution is 2.32. The molecule has 0 spiro atoms. The highest BCUT2D eigenvalue weighted by molar-refractivity contribution is 7.13. The average Bonchev–Trinajstić information content (AvgIpc) is 3.10. The minimum Gasteiger partial charge on any atom is -0.345 e. The molecular weight excluding hydrogens is 360 g/mol. The van der Waals surface area contributed by atoms with Crippen LogP contribution >= 0.6 is 11.3 Å². The minimum atomic E-state index is -4.60. The lowest BCUT2D eigenvalue weighted by atomic mass is 10.2. The molecule has 0 aliphatic carbocycles. The Morgan fingerprint density at radius 1 is 1.20 bits per heavy atom. The largest absolute Gasteiger partial charge is 0.416 e. The third-order valence-corrected chi connectivity index (χ3v) is 4.62. The number of urea groups is 1. The van der Waals surface area contributed by atoms with E-state index in [1.807, 2.05) is 10.3 Å². The fraction of sp³-hybridized carbons (Fsp3) is 0.333. The Kier molecular flexibility index (Phi) is 4.80. The topological polar surface area (TPSA) is 48.5 Å². The number of hydrogen-bond donors (Lipinski definition) is 1. The number of halogens is 4. The van der Waals surface area contributed by atoms with Crippen molar-refractivity contribution in [3.8, 4) is 0 Å². The van der Waals surface area contributed by atoms with Gasteiger partial charge in [-0.15, -0.1) is 11.3 Å². The number of anilines is 2. The Morgan fingerprint density at radius 2 is 1.92 bits per heavy atom. The zero-order valence-corrected chi connectivity index (χ0v) is 13.7. The molecule has 0 atom stereocenters. The van der Waals surface area contributed by atoms with Gasteiger partial charge in [0.15, 0.2) is 5.13 Å². The second-order valence-electron chi connectivity index (χ2n) is 5.41. The van der Waals surface area contributed by atoms with Crippen LogP contribution in [0.25, 0.3) is 0 Å². The predicted molar refractivity (Wildman–Crippen MR) is 86.3 cm³/mol. The van der Waals surface area contributed by atoms with Crippen molar-refractivity contribution in [3.05, 3.63) is 41.2 Å². The second-order valence-corrected chi connectivity index (χ2v) is 6.28. The van der Waals surface area contributed by atoms with Gasteiger partial charge in [0.25, 0.3) is 0 Å². The summed E-state index contributed by atoms with van der Waals surface area (Å²) in [4.78, 5) is 19.8. The Bertz CT molecular complexity index is 742. The number of hydrogen-bond acceptors (Lipinski definition) is 4. The number of piperazine rings is 1. The third kappa shape index (κ3) is 4.01. The van der Waals surface area contributed by atoms with Gasteiger partial charge in [-0.2, -0.15) is 13.2 Å². The number of thiazole rings is 1. The number of amides is 2. The molecule has 2 amide bonds. The number of alkyl halides is 3. The molecule has 1 aliphatic rings. The van der Waals surface area contributed by atoms with Crippen molar-refractivity contribution >= 4 is 28.2 Å². The van der Waals surface area contributed by atoms with Crippen molar-refractivity contribution in [3.63, 3.8) is 0 Å². The first-order valence-corrected chi connectivity index (χ1v) is 8.29. The van der Waals surface area contributed by atoms with E-state index in [1.54, 1.807) is 6.20 Å². The Labute approximate surface area is 144 Å². The van der Waals surface area contributed by atoms with Crippen molar-refractivity contribution < 1.29 is 22.4 Å². The van der Waals surface area contributed by atoms with Crippen LogP contribution in [0.4, 0.5) is 33.2 Å². The van der Waals surface area contributed by atoms with Crippen molar-refractivity contribution in [1.29, 1.82) is 0 Å². The first kappa shape index (κ1) is 17.5. The van der Waals surface area contributed by atoms with Crippen LogP contribution in [0.2, 0.25) is 0 Å². The monoisotopic (exact) mass is 374 g/mol. The van der Waals surface area contributed by atoms with E-state index >= 15 is 0 Å². The number of carbonyl (C=O) groups excluding carboxylic acids is 1. The number of carbonyl (C=O) groups is 1. The summed E-state index contributed by atoms with van der Waals surface area (Å²) in [7, 11) is 0. The Morgan fingerprint density at radius 3 is 2.52 bits per heavy atom. The summed E-state index contributed by atoms with van der Waals surface area (Å²) >= 11 is 1.49. The van der Waals surface area contributed by atoms with Crippen LogP contribution in [0.15, 0.2) is 29.8 Å². The van der Waals surface area contributed by atoms with E-state index < -0.39 is 29.3 Å². The molecule has 0 saturated carbocycles. The van der Waals surface area contributed by atoms with Crippen LogP contribution in [0.1, 0.15) is 5.56 Å². The van der Waals surface area contributed by atoms with Gasteiger partial charge in [-0.05, 0) is 18.2 Å². The van der Waals surface area contributed by atoms with Gasteiger partial charge >= 0.3 is 12.2 Å². The number of aromatic nitrogens is 1.